The number of amides is 1. The molecule has 0 radical (unpaired) electrons. The molecule has 0 unspecified atom stereocenters. The number of aromatic nitrogens is 2. The molecule has 29 heavy (non-hydrogen) atoms. The summed E-state index contributed by atoms with van der Waals surface area (Å²) in [7, 11) is 0. The third kappa shape index (κ3) is 5.09. The van der Waals surface area contributed by atoms with Crippen molar-refractivity contribution >= 4 is 61.5 Å². The molecule has 2 aromatic carbocycles. The van der Waals surface area contributed by atoms with E-state index < -0.39 is 4.92 Å². The van der Waals surface area contributed by atoms with Crippen molar-refractivity contribution in [2.24, 2.45) is 0 Å². The molecule has 3 rings (SSSR count). The van der Waals surface area contributed by atoms with E-state index in [1.165, 1.54) is 25.4 Å². The zero-order valence-corrected chi connectivity index (χ0v) is 17.5. The molecule has 11 heteroatoms. The van der Waals surface area contributed by atoms with Crippen LogP contribution in [0.1, 0.15) is 6.92 Å². The summed E-state index contributed by atoms with van der Waals surface area (Å²) >= 11 is 9.58. The quantitative estimate of drug-likeness (QED) is 0.295. The van der Waals surface area contributed by atoms with E-state index in [-0.39, 0.29) is 30.5 Å². The van der Waals surface area contributed by atoms with Crippen molar-refractivity contribution in [2.45, 2.75) is 6.92 Å². The average Bonchev–Trinajstić information content (AvgIpc) is 2.66. The summed E-state index contributed by atoms with van der Waals surface area (Å²) in [5.74, 6) is 0.211. The maximum Gasteiger partial charge on any atom is 0.311 e. The highest BCUT2D eigenvalue weighted by Gasteiger charge is 2.19. The van der Waals surface area contributed by atoms with E-state index >= 15 is 0 Å². The third-order valence-corrected chi connectivity index (χ3v) is 4.64. The number of nitro groups is 1. The van der Waals surface area contributed by atoms with Crippen molar-refractivity contribution in [1.29, 1.82) is 0 Å². The fourth-order valence-electron chi connectivity index (χ4n) is 2.54. The standard InChI is InChI=1S/C18H15BrClN5O4/c1-10(26)21-4-5-29-17-8-15-12(7-16(17)25(27)28)18(23-9-22-15)24-14-3-2-11(19)6-13(14)20/h2-3,6-9H,4-5H2,1H3,(H,21,26)(H,22,23,24). The van der Waals surface area contributed by atoms with Gasteiger partial charge in [0.2, 0.25) is 5.91 Å². The molecule has 0 aliphatic rings. The van der Waals surface area contributed by atoms with E-state index in [1.54, 1.807) is 18.2 Å². The zero-order chi connectivity index (χ0) is 21.0. The van der Waals surface area contributed by atoms with Crippen LogP contribution in [0.3, 0.4) is 0 Å². The summed E-state index contributed by atoms with van der Waals surface area (Å²) in [4.78, 5) is 30.3. The van der Waals surface area contributed by atoms with E-state index in [4.69, 9.17) is 16.3 Å². The lowest BCUT2D eigenvalue weighted by atomic mass is 10.2. The highest BCUT2D eigenvalue weighted by atomic mass is 79.9. The van der Waals surface area contributed by atoms with Crippen LogP contribution in [0, 0.1) is 10.1 Å². The Labute approximate surface area is 178 Å². The van der Waals surface area contributed by atoms with Gasteiger partial charge in [0.1, 0.15) is 18.8 Å². The highest BCUT2D eigenvalue weighted by molar-refractivity contribution is 9.10. The van der Waals surface area contributed by atoms with Crippen LogP contribution >= 0.6 is 27.5 Å². The van der Waals surface area contributed by atoms with Gasteiger partial charge in [-0.1, -0.05) is 27.5 Å². The van der Waals surface area contributed by atoms with Gasteiger partial charge in [-0.2, -0.15) is 0 Å². The first-order valence-electron chi connectivity index (χ1n) is 8.37. The van der Waals surface area contributed by atoms with Gasteiger partial charge in [0.05, 0.1) is 33.1 Å². The summed E-state index contributed by atoms with van der Waals surface area (Å²) in [5.41, 5.74) is 0.809. The van der Waals surface area contributed by atoms with Crippen LogP contribution in [0.15, 0.2) is 41.1 Å². The summed E-state index contributed by atoms with van der Waals surface area (Å²) in [6, 6.07) is 8.10. The van der Waals surface area contributed by atoms with Crippen molar-refractivity contribution in [2.75, 3.05) is 18.5 Å². The van der Waals surface area contributed by atoms with Crippen LogP contribution in [0.4, 0.5) is 17.2 Å². The van der Waals surface area contributed by atoms with Crippen LogP contribution in [0.25, 0.3) is 10.9 Å². The fourth-order valence-corrected chi connectivity index (χ4v) is 3.26. The molecule has 150 valence electrons. The second-order valence-corrected chi connectivity index (χ2v) is 7.22. The lowest BCUT2D eigenvalue weighted by Crippen LogP contribution is -2.25. The lowest BCUT2D eigenvalue weighted by molar-refractivity contribution is -0.385. The van der Waals surface area contributed by atoms with E-state index in [1.807, 2.05) is 0 Å². The van der Waals surface area contributed by atoms with Crippen LogP contribution in [0.2, 0.25) is 5.02 Å². The van der Waals surface area contributed by atoms with Crippen LogP contribution in [-0.4, -0.2) is 34.0 Å². The zero-order valence-electron chi connectivity index (χ0n) is 15.1. The van der Waals surface area contributed by atoms with E-state index in [9.17, 15) is 14.9 Å². The smallest absolute Gasteiger partial charge is 0.311 e. The molecule has 0 bridgehead atoms. The number of halogens is 2. The van der Waals surface area contributed by atoms with Crippen LogP contribution < -0.4 is 15.4 Å². The summed E-state index contributed by atoms with van der Waals surface area (Å²) in [5, 5.41) is 18.1. The van der Waals surface area contributed by atoms with Gasteiger partial charge < -0.3 is 15.4 Å². The second-order valence-electron chi connectivity index (χ2n) is 5.90. The number of rotatable bonds is 7. The number of hydrogen-bond donors (Lipinski definition) is 2. The molecule has 0 spiro atoms. The van der Waals surface area contributed by atoms with Crippen LogP contribution in [-0.2, 0) is 4.79 Å². The Balaban J connectivity index is 1.95. The van der Waals surface area contributed by atoms with Gasteiger partial charge in [-0.25, -0.2) is 9.97 Å². The number of carbonyl (C=O) groups excluding carboxylic acids is 1. The van der Waals surface area contributed by atoms with Crippen molar-refractivity contribution < 1.29 is 14.5 Å². The Hall–Kier alpha value is -2.98. The van der Waals surface area contributed by atoms with Gasteiger partial charge in [-0.05, 0) is 18.2 Å². The Morgan fingerprint density at radius 2 is 2.10 bits per heavy atom. The molecule has 0 fully saturated rings. The minimum Gasteiger partial charge on any atom is -0.485 e. The Morgan fingerprint density at radius 3 is 2.79 bits per heavy atom. The van der Waals surface area contributed by atoms with Gasteiger partial charge in [-0.3, -0.25) is 14.9 Å². The predicted molar refractivity (Wildman–Crippen MR) is 113 cm³/mol. The van der Waals surface area contributed by atoms with Crippen molar-refractivity contribution in [1.82, 2.24) is 15.3 Å². The van der Waals surface area contributed by atoms with Crippen LogP contribution in [0.5, 0.6) is 5.75 Å². The maximum absolute atomic E-state index is 11.5. The molecule has 1 heterocycles. The molecular formula is C18H15BrClN5O4. The molecular weight excluding hydrogens is 466 g/mol. The van der Waals surface area contributed by atoms with Gasteiger partial charge in [-0.15, -0.1) is 0 Å². The number of ether oxygens (including phenoxy) is 1. The summed E-state index contributed by atoms with van der Waals surface area (Å²) in [6.45, 7) is 1.68. The molecule has 0 atom stereocenters. The molecule has 0 aliphatic heterocycles. The number of nitrogens with zero attached hydrogens (tertiary/aromatic N) is 3. The van der Waals surface area contributed by atoms with Gasteiger partial charge in [0, 0.05) is 23.5 Å². The van der Waals surface area contributed by atoms with E-state index in [0.29, 0.717) is 27.4 Å². The molecule has 9 nitrogen and oxygen atoms in total. The molecule has 0 saturated carbocycles. The SMILES string of the molecule is CC(=O)NCCOc1cc2ncnc(Nc3ccc(Br)cc3Cl)c2cc1[N+](=O)[O-]. The summed E-state index contributed by atoms with van der Waals surface area (Å²) in [6.07, 6.45) is 1.34. The molecule has 0 saturated heterocycles. The molecule has 1 amide bonds. The Bertz CT molecular complexity index is 1100. The predicted octanol–water partition coefficient (Wildman–Crippen LogP) is 4.21. The van der Waals surface area contributed by atoms with E-state index in [0.717, 1.165) is 4.47 Å². The number of nitro benzene ring substituents is 1. The summed E-state index contributed by atoms with van der Waals surface area (Å²) < 4.78 is 6.30. The minimum atomic E-state index is -0.545. The fraction of sp³-hybridized carbons (Fsp3) is 0.167. The first kappa shape index (κ1) is 20.7. The molecule has 2 N–H and O–H groups in total. The van der Waals surface area contributed by atoms with Crippen molar-refractivity contribution in [3.05, 3.63) is 56.3 Å². The minimum absolute atomic E-state index is 0.0548. The van der Waals surface area contributed by atoms with Crippen molar-refractivity contribution in [3.63, 3.8) is 0 Å². The first-order chi connectivity index (χ1) is 13.8. The largest absolute Gasteiger partial charge is 0.485 e. The highest BCUT2D eigenvalue weighted by Crippen LogP contribution is 2.35. The second kappa shape index (κ2) is 9.01. The monoisotopic (exact) mass is 479 g/mol. The molecule has 0 aliphatic carbocycles. The molecule has 3 aromatic rings. The Kier molecular flexibility index (Phi) is 6.45. The maximum atomic E-state index is 11.5. The van der Waals surface area contributed by atoms with E-state index in [2.05, 4.69) is 36.5 Å². The number of carbonyl (C=O) groups is 1. The number of fused-ring (bicyclic) bond motifs is 1. The lowest BCUT2D eigenvalue weighted by Gasteiger charge is -2.12. The van der Waals surface area contributed by atoms with Gasteiger partial charge in [0.25, 0.3) is 0 Å². The number of anilines is 2. The topological polar surface area (TPSA) is 119 Å². The number of hydrogen-bond acceptors (Lipinski definition) is 7. The average molecular weight is 481 g/mol. The first-order valence-corrected chi connectivity index (χ1v) is 9.54. The third-order valence-electron chi connectivity index (χ3n) is 3.83. The van der Waals surface area contributed by atoms with Crippen molar-refractivity contribution in [3.8, 4) is 5.75 Å². The van der Waals surface area contributed by atoms with Gasteiger partial charge in [0.15, 0.2) is 5.75 Å². The number of nitrogens with one attached hydrogen (secondary N) is 2. The Morgan fingerprint density at radius 1 is 1.31 bits per heavy atom. The van der Waals surface area contributed by atoms with Gasteiger partial charge >= 0.3 is 5.69 Å². The number of benzene rings is 2. The normalized spacial score (nSPS) is 10.6. The molecule has 1 aromatic heterocycles.